The van der Waals surface area contributed by atoms with Gasteiger partial charge in [0.15, 0.2) is 0 Å². The van der Waals surface area contributed by atoms with E-state index in [1.807, 2.05) is 0 Å². The molecule has 3 rings (SSSR count). The quantitative estimate of drug-likeness (QED) is 0.770. The number of nitrogens with one attached hydrogen (secondary N) is 1. The molecular weight excluding hydrogens is 407 g/mol. The molecule has 0 aromatic heterocycles. The van der Waals surface area contributed by atoms with Gasteiger partial charge in [-0.25, -0.2) is 17.5 Å². The van der Waals surface area contributed by atoms with E-state index in [9.17, 15) is 17.6 Å². The normalized spacial score (nSPS) is 17.5. The molecule has 0 bridgehead atoms. The number of amides is 1. The Morgan fingerprint density at radius 2 is 2.00 bits per heavy atom. The molecule has 1 aliphatic rings. The van der Waals surface area contributed by atoms with Crippen LogP contribution in [0.2, 0.25) is 5.02 Å². The molecule has 28 heavy (non-hydrogen) atoms. The molecule has 1 aliphatic heterocycles. The second-order valence-corrected chi connectivity index (χ2v) is 8.56. The fourth-order valence-corrected chi connectivity index (χ4v) is 4.26. The summed E-state index contributed by atoms with van der Waals surface area (Å²) in [6.45, 7) is 1.11. The van der Waals surface area contributed by atoms with Crippen molar-refractivity contribution in [1.29, 1.82) is 0 Å². The van der Waals surface area contributed by atoms with Crippen LogP contribution in [0.1, 0.15) is 18.1 Å². The van der Waals surface area contributed by atoms with Gasteiger partial charge in [-0.1, -0.05) is 29.8 Å². The lowest BCUT2D eigenvalue weighted by atomic mass is 10.1. The predicted octanol–water partition coefficient (Wildman–Crippen LogP) is 2.75. The summed E-state index contributed by atoms with van der Waals surface area (Å²) in [5, 5.41) is 0.319. The van der Waals surface area contributed by atoms with Crippen molar-refractivity contribution in [2.24, 2.45) is 0 Å². The smallest absolute Gasteiger partial charge is 0.240 e. The highest BCUT2D eigenvalue weighted by Gasteiger charge is 2.25. The van der Waals surface area contributed by atoms with Crippen LogP contribution >= 0.6 is 11.6 Å². The van der Waals surface area contributed by atoms with E-state index < -0.39 is 10.0 Å². The van der Waals surface area contributed by atoms with Crippen molar-refractivity contribution < 1.29 is 22.3 Å². The molecule has 1 atom stereocenters. The van der Waals surface area contributed by atoms with Crippen LogP contribution < -0.4 is 4.72 Å². The molecule has 1 unspecified atom stereocenters. The highest BCUT2D eigenvalue weighted by Crippen LogP contribution is 2.23. The fourth-order valence-electron chi connectivity index (χ4n) is 2.92. The number of ether oxygens (including phenoxy) is 1. The van der Waals surface area contributed by atoms with Crippen LogP contribution in [-0.2, 0) is 19.6 Å². The monoisotopic (exact) mass is 426 g/mol. The molecule has 0 radical (unpaired) electrons. The standard InChI is InChI=1S/C19H20ClFN2O4S/c20-15-2-1-3-17(12-15)28(25,26)22-9-8-19(24)23-10-11-27-18(13-23)14-4-6-16(21)7-5-14/h1-7,12,18,22H,8-11,13H2. The molecule has 150 valence electrons. The number of hydrogen-bond acceptors (Lipinski definition) is 4. The first-order valence-corrected chi connectivity index (χ1v) is 10.6. The predicted molar refractivity (Wildman–Crippen MR) is 103 cm³/mol. The summed E-state index contributed by atoms with van der Waals surface area (Å²) in [6, 6.07) is 11.9. The van der Waals surface area contributed by atoms with Gasteiger partial charge in [-0.05, 0) is 35.9 Å². The number of benzene rings is 2. The molecule has 1 saturated heterocycles. The van der Waals surface area contributed by atoms with E-state index in [4.69, 9.17) is 16.3 Å². The molecule has 1 fully saturated rings. The lowest BCUT2D eigenvalue weighted by molar-refractivity contribution is -0.138. The van der Waals surface area contributed by atoms with Crippen molar-refractivity contribution in [3.63, 3.8) is 0 Å². The Labute approximate surface area is 168 Å². The first-order chi connectivity index (χ1) is 13.3. The summed E-state index contributed by atoms with van der Waals surface area (Å²) < 4.78 is 45.7. The van der Waals surface area contributed by atoms with Crippen molar-refractivity contribution >= 4 is 27.5 Å². The van der Waals surface area contributed by atoms with Crippen molar-refractivity contribution in [3.05, 3.63) is 64.9 Å². The Balaban J connectivity index is 1.53. The van der Waals surface area contributed by atoms with Gasteiger partial charge in [-0.2, -0.15) is 0 Å². The largest absolute Gasteiger partial charge is 0.370 e. The zero-order chi connectivity index (χ0) is 20.1. The minimum Gasteiger partial charge on any atom is -0.370 e. The first kappa shape index (κ1) is 20.7. The molecule has 1 amide bonds. The average molecular weight is 427 g/mol. The first-order valence-electron chi connectivity index (χ1n) is 8.75. The Bertz CT molecular complexity index is 937. The minimum atomic E-state index is -3.73. The number of rotatable bonds is 6. The van der Waals surface area contributed by atoms with Crippen LogP contribution in [0.3, 0.4) is 0 Å². The Morgan fingerprint density at radius 3 is 2.71 bits per heavy atom. The van der Waals surface area contributed by atoms with Gasteiger partial charge < -0.3 is 9.64 Å². The van der Waals surface area contributed by atoms with Gasteiger partial charge in [0.2, 0.25) is 15.9 Å². The number of carbonyl (C=O) groups is 1. The fraction of sp³-hybridized carbons (Fsp3) is 0.316. The van der Waals surface area contributed by atoms with Gasteiger partial charge in [-0.15, -0.1) is 0 Å². The van der Waals surface area contributed by atoms with E-state index in [1.165, 1.54) is 24.3 Å². The molecular formula is C19H20ClFN2O4S. The number of nitrogens with zero attached hydrogens (tertiary/aromatic N) is 1. The number of hydrogen-bond donors (Lipinski definition) is 1. The molecule has 2 aromatic carbocycles. The van der Waals surface area contributed by atoms with Gasteiger partial charge >= 0.3 is 0 Å². The van der Waals surface area contributed by atoms with E-state index in [1.54, 1.807) is 29.2 Å². The van der Waals surface area contributed by atoms with E-state index in [0.29, 0.717) is 24.7 Å². The van der Waals surface area contributed by atoms with Gasteiger partial charge in [0.1, 0.15) is 11.9 Å². The van der Waals surface area contributed by atoms with Crippen LogP contribution in [0.25, 0.3) is 0 Å². The van der Waals surface area contributed by atoms with Crippen molar-refractivity contribution in [3.8, 4) is 0 Å². The van der Waals surface area contributed by atoms with E-state index in [2.05, 4.69) is 4.72 Å². The average Bonchev–Trinajstić information content (AvgIpc) is 2.68. The van der Waals surface area contributed by atoms with Crippen LogP contribution in [0.4, 0.5) is 4.39 Å². The van der Waals surface area contributed by atoms with Gasteiger partial charge in [0, 0.05) is 24.5 Å². The number of carbonyl (C=O) groups excluding carboxylic acids is 1. The lowest BCUT2D eigenvalue weighted by Crippen LogP contribution is -2.43. The van der Waals surface area contributed by atoms with E-state index >= 15 is 0 Å². The van der Waals surface area contributed by atoms with Crippen LogP contribution in [0.15, 0.2) is 53.4 Å². The highest BCUT2D eigenvalue weighted by atomic mass is 35.5. The van der Waals surface area contributed by atoms with Crippen LogP contribution in [-0.4, -0.2) is 45.5 Å². The Kier molecular flexibility index (Phi) is 6.66. The maximum atomic E-state index is 13.1. The van der Waals surface area contributed by atoms with Crippen LogP contribution in [0, 0.1) is 5.82 Å². The SMILES string of the molecule is O=C(CCNS(=O)(=O)c1cccc(Cl)c1)N1CCOC(c2ccc(F)cc2)C1. The van der Waals surface area contributed by atoms with Crippen molar-refractivity contribution in [2.45, 2.75) is 17.4 Å². The van der Waals surface area contributed by atoms with E-state index in [-0.39, 0.29) is 35.7 Å². The third-order valence-corrected chi connectivity index (χ3v) is 6.09. The Morgan fingerprint density at radius 1 is 1.25 bits per heavy atom. The summed E-state index contributed by atoms with van der Waals surface area (Å²) >= 11 is 5.82. The molecule has 0 spiro atoms. The molecule has 1 heterocycles. The minimum absolute atomic E-state index is 0.0216. The number of morpholine rings is 1. The number of sulfonamides is 1. The summed E-state index contributed by atoms with van der Waals surface area (Å²) in [4.78, 5) is 14.1. The third kappa shape index (κ3) is 5.29. The highest BCUT2D eigenvalue weighted by molar-refractivity contribution is 7.89. The third-order valence-electron chi connectivity index (χ3n) is 4.40. The Hall–Kier alpha value is -2.00. The molecule has 0 aliphatic carbocycles. The zero-order valence-electron chi connectivity index (χ0n) is 15.0. The lowest BCUT2D eigenvalue weighted by Gasteiger charge is -2.33. The van der Waals surface area contributed by atoms with Crippen molar-refractivity contribution in [2.75, 3.05) is 26.2 Å². The van der Waals surface area contributed by atoms with Gasteiger partial charge in [-0.3, -0.25) is 4.79 Å². The molecule has 1 N–H and O–H groups in total. The summed E-state index contributed by atoms with van der Waals surface area (Å²) in [5.74, 6) is -0.510. The van der Waals surface area contributed by atoms with E-state index in [0.717, 1.165) is 5.56 Å². The molecule has 2 aromatic rings. The van der Waals surface area contributed by atoms with Crippen molar-refractivity contribution in [1.82, 2.24) is 9.62 Å². The topological polar surface area (TPSA) is 75.7 Å². The maximum absolute atomic E-state index is 13.1. The second kappa shape index (κ2) is 9.00. The summed E-state index contributed by atoms with van der Waals surface area (Å²) in [7, 11) is -3.73. The van der Waals surface area contributed by atoms with Crippen LogP contribution in [0.5, 0.6) is 0 Å². The summed E-state index contributed by atoms with van der Waals surface area (Å²) in [6.07, 6.45) is -0.308. The number of halogens is 2. The molecule has 6 nitrogen and oxygen atoms in total. The van der Waals surface area contributed by atoms with Gasteiger partial charge in [0.05, 0.1) is 18.0 Å². The molecule has 0 saturated carbocycles. The van der Waals surface area contributed by atoms with Gasteiger partial charge in [0.25, 0.3) is 0 Å². The zero-order valence-corrected chi connectivity index (χ0v) is 16.5. The summed E-state index contributed by atoms with van der Waals surface area (Å²) in [5.41, 5.74) is 0.792. The maximum Gasteiger partial charge on any atom is 0.240 e. The second-order valence-electron chi connectivity index (χ2n) is 6.36. The molecule has 9 heteroatoms.